The van der Waals surface area contributed by atoms with Crippen LogP contribution < -0.4 is 10.6 Å². The van der Waals surface area contributed by atoms with E-state index in [-0.39, 0.29) is 11.9 Å². The highest BCUT2D eigenvalue weighted by atomic mass is 16.2. The SMILES string of the molecule is CC1Cc2cc(N)ccc2N1C(=O)c1ccccc1. The topological polar surface area (TPSA) is 46.3 Å². The van der Waals surface area contributed by atoms with Crippen LogP contribution in [-0.4, -0.2) is 11.9 Å². The van der Waals surface area contributed by atoms with E-state index in [1.54, 1.807) is 0 Å². The van der Waals surface area contributed by atoms with Crippen molar-refractivity contribution in [2.24, 2.45) is 0 Å². The lowest BCUT2D eigenvalue weighted by molar-refractivity contribution is 0.0981. The molecular weight excluding hydrogens is 236 g/mol. The van der Waals surface area contributed by atoms with Crippen molar-refractivity contribution in [1.82, 2.24) is 0 Å². The van der Waals surface area contributed by atoms with Gasteiger partial charge in [-0.3, -0.25) is 4.79 Å². The third kappa shape index (κ3) is 1.97. The molecule has 1 aliphatic heterocycles. The molecule has 0 fully saturated rings. The monoisotopic (exact) mass is 252 g/mol. The number of carbonyl (C=O) groups excluding carboxylic acids is 1. The highest BCUT2D eigenvalue weighted by Gasteiger charge is 2.31. The van der Waals surface area contributed by atoms with Crippen LogP contribution >= 0.6 is 0 Å². The first-order valence-electron chi connectivity index (χ1n) is 6.44. The van der Waals surface area contributed by atoms with E-state index in [9.17, 15) is 4.79 Å². The summed E-state index contributed by atoms with van der Waals surface area (Å²) in [6, 6.07) is 15.3. The molecule has 3 heteroatoms. The fourth-order valence-electron chi connectivity index (χ4n) is 2.68. The first-order chi connectivity index (χ1) is 9.16. The number of fused-ring (bicyclic) bond motifs is 1. The van der Waals surface area contributed by atoms with Crippen LogP contribution in [0.15, 0.2) is 48.5 Å². The molecule has 2 N–H and O–H groups in total. The molecule has 3 rings (SSSR count). The fraction of sp³-hybridized carbons (Fsp3) is 0.188. The molecule has 0 aromatic heterocycles. The summed E-state index contributed by atoms with van der Waals surface area (Å²) in [7, 11) is 0. The van der Waals surface area contributed by atoms with Crippen LogP contribution in [-0.2, 0) is 6.42 Å². The largest absolute Gasteiger partial charge is 0.399 e. The summed E-state index contributed by atoms with van der Waals surface area (Å²) >= 11 is 0. The van der Waals surface area contributed by atoms with Gasteiger partial charge in [-0.05, 0) is 49.2 Å². The Kier molecular flexibility index (Phi) is 2.75. The number of hydrogen-bond acceptors (Lipinski definition) is 2. The number of nitrogens with two attached hydrogens (primary N) is 1. The average molecular weight is 252 g/mol. The predicted octanol–water partition coefficient (Wildman–Crippen LogP) is 2.86. The molecule has 0 aliphatic carbocycles. The predicted molar refractivity (Wildman–Crippen MR) is 77.3 cm³/mol. The first-order valence-corrected chi connectivity index (χ1v) is 6.44. The van der Waals surface area contributed by atoms with Crippen molar-refractivity contribution in [3.05, 3.63) is 59.7 Å². The Labute approximate surface area is 112 Å². The Morgan fingerprint density at radius 1 is 1.21 bits per heavy atom. The number of benzene rings is 2. The molecule has 0 spiro atoms. The van der Waals surface area contributed by atoms with Crippen molar-refractivity contribution in [1.29, 1.82) is 0 Å². The molecule has 2 aromatic carbocycles. The van der Waals surface area contributed by atoms with Crippen LogP contribution in [0.1, 0.15) is 22.8 Å². The van der Waals surface area contributed by atoms with Crippen LogP contribution in [0.3, 0.4) is 0 Å². The molecule has 0 saturated heterocycles. The van der Waals surface area contributed by atoms with Crippen molar-refractivity contribution in [3.63, 3.8) is 0 Å². The molecule has 0 bridgehead atoms. The summed E-state index contributed by atoms with van der Waals surface area (Å²) < 4.78 is 0. The second kappa shape index (κ2) is 4.43. The zero-order chi connectivity index (χ0) is 13.4. The zero-order valence-electron chi connectivity index (χ0n) is 10.8. The van der Waals surface area contributed by atoms with Crippen molar-refractivity contribution >= 4 is 17.3 Å². The maximum atomic E-state index is 12.6. The molecule has 1 heterocycles. The van der Waals surface area contributed by atoms with E-state index in [1.165, 1.54) is 0 Å². The Balaban J connectivity index is 2.01. The van der Waals surface area contributed by atoms with Crippen LogP contribution in [0.25, 0.3) is 0 Å². The number of hydrogen-bond donors (Lipinski definition) is 1. The quantitative estimate of drug-likeness (QED) is 0.793. The molecule has 19 heavy (non-hydrogen) atoms. The molecular formula is C16H16N2O. The summed E-state index contributed by atoms with van der Waals surface area (Å²) in [5.41, 5.74) is 9.41. The molecule has 0 saturated carbocycles. The summed E-state index contributed by atoms with van der Waals surface area (Å²) in [4.78, 5) is 14.5. The molecule has 2 aromatic rings. The van der Waals surface area contributed by atoms with Gasteiger partial charge in [0.05, 0.1) is 0 Å². The molecule has 3 nitrogen and oxygen atoms in total. The van der Waals surface area contributed by atoms with Gasteiger partial charge < -0.3 is 10.6 Å². The molecule has 1 unspecified atom stereocenters. The van der Waals surface area contributed by atoms with E-state index in [0.29, 0.717) is 0 Å². The van der Waals surface area contributed by atoms with Gasteiger partial charge in [0.15, 0.2) is 0 Å². The first kappa shape index (κ1) is 11.8. The standard InChI is InChI=1S/C16H16N2O/c1-11-9-13-10-14(17)7-8-15(13)18(11)16(19)12-5-3-2-4-6-12/h2-8,10-11H,9,17H2,1H3. The highest BCUT2D eigenvalue weighted by Crippen LogP contribution is 2.34. The minimum atomic E-state index is 0.0524. The third-order valence-electron chi connectivity index (χ3n) is 3.56. The fourth-order valence-corrected chi connectivity index (χ4v) is 2.68. The van der Waals surface area contributed by atoms with E-state index in [0.717, 1.165) is 28.9 Å². The summed E-state index contributed by atoms with van der Waals surface area (Å²) in [6.45, 7) is 2.07. The minimum absolute atomic E-state index is 0.0524. The third-order valence-corrected chi connectivity index (χ3v) is 3.56. The number of amides is 1. The van der Waals surface area contributed by atoms with E-state index in [1.807, 2.05) is 53.4 Å². The van der Waals surface area contributed by atoms with E-state index in [4.69, 9.17) is 5.73 Å². The lowest BCUT2D eigenvalue weighted by Crippen LogP contribution is -2.35. The molecule has 0 radical (unpaired) electrons. The maximum Gasteiger partial charge on any atom is 0.258 e. The summed E-state index contributed by atoms with van der Waals surface area (Å²) in [5, 5.41) is 0. The summed E-state index contributed by atoms with van der Waals surface area (Å²) in [6.07, 6.45) is 0.860. The molecule has 1 atom stereocenters. The number of nitrogens with zero attached hydrogens (tertiary/aromatic N) is 1. The van der Waals surface area contributed by atoms with Crippen molar-refractivity contribution in [2.45, 2.75) is 19.4 Å². The smallest absolute Gasteiger partial charge is 0.258 e. The second-order valence-corrected chi connectivity index (χ2v) is 4.98. The lowest BCUT2D eigenvalue weighted by Gasteiger charge is -2.22. The number of anilines is 2. The van der Waals surface area contributed by atoms with Gasteiger partial charge in [-0.15, -0.1) is 0 Å². The Morgan fingerprint density at radius 2 is 1.95 bits per heavy atom. The van der Waals surface area contributed by atoms with Crippen LogP contribution in [0.2, 0.25) is 0 Å². The van der Waals surface area contributed by atoms with Gasteiger partial charge in [-0.25, -0.2) is 0 Å². The highest BCUT2D eigenvalue weighted by molar-refractivity contribution is 6.07. The lowest BCUT2D eigenvalue weighted by atomic mass is 10.1. The molecule has 96 valence electrons. The Morgan fingerprint density at radius 3 is 2.68 bits per heavy atom. The van der Waals surface area contributed by atoms with E-state index < -0.39 is 0 Å². The normalized spacial score (nSPS) is 17.3. The zero-order valence-corrected chi connectivity index (χ0v) is 10.8. The van der Waals surface area contributed by atoms with Gasteiger partial charge in [0, 0.05) is 23.0 Å². The Hall–Kier alpha value is -2.29. The van der Waals surface area contributed by atoms with Crippen LogP contribution in [0, 0.1) is 0 Å². The van der Waals surface area contributed by atoms with E-state index in [2.05, 4.69) is 6.92 Å². The molecule has 1 aliphatic rings. The second-order valence-electron chi connectivity index (χ2n) is 4.98. The maximum absolute atomic E-state index is 12.6. The summed E-state index contributed by atoms with van der Waals surface area (Å²) in [5.74, 6) is 0.0524. The Bertz CT molecular complexity index is 622. The number of carbonyl (C=O) groups is 1. The minimum Gasteiger partial charge on any atom is -0.399 e. The number of nitrogen functional groups attached to an aromatic ring is 1. The molecule has 1 amide bonds. The van der Waals surface area contributed by atoms with Crippen molar-refractivity contribution in [2.75, 3.05) is 10.6 Å². The average Bonchev–Trinajstić information content (AvgIpc) is 2.74. The van der Waals surface area contributed by atoms with Crippen LogP contribution in [0.4, 0.5) is 11.4 Å². The van der Waals surface area contributed by atoms with Crippen molar-refractivity contribution < 1.29 is 4.79 Å². The van der Waals surface area contributed by atoms with Gasteiger partial charge in [-0.2, -0.15) is 0 Å². The van der Waals surface area contributed by atoms with Gasteiger partial charge in [0.25, 0.3) is 5.91 Å². The van der Waals surface area contributed by atoms with Crippen molar-refractivity contribution in [3.8, 4) is 0 Å². The van der Waals surface area contributed by atoms with Gasteiger partial charge in [0.1, 0.15) is 0 Å². The number of rotatable bonds is 1. The van der Waals surface area contributed by atoms with Gasteiger partial charge >= 0.3 is 0 Å². The van der Waals surface area contributed by atoms with E-state index >= 15 is 0 Å². The van der Waals surface area contributed by atoms with Gasteiger partial charge in [-0.1, -0.05) is 18.2 Å². The van der Waals surface area contributed by atoms with Gasteiger partial charge in [0.2, 0.25) is 0 Å². The van der Waals surface area contributed by atoms with Crippen LogP contribution in [0.5, 0.6) is 0 Å².